The molecule has 0 radical (unpaired) electrons. The zero-order valence-corrected chi connectivity index (χ0v) is 13.8. The van der Waals surface area contributed by atoms with Gasteiger partial charge in [0.15, 0.2) is 0 Å². The molecule has 0 spiro atoms. The lowest BCUT2D eigenvalue weighted by molar-refractivity contribution is -0.120. The van der Waals surface area contributed by atoms with Gasteiger partial charge in [-0.2, -0.15) is 0 Å². The molecule has 0 aliphatic heterocycles. The summed E-state index contributed by atoms with van der Waals surface area (Å²) in [5, 5.41) is 3.02. The number of rotatable bonds is 5. The number of nitrogens with zero attached hydrogens (tertiary/aromatic N) is 1. The van der Waals surface area contributed by atoms with E-state index in [4.69, 9.17) is 0 Å². The summed E-state index contributed by atoms with van der Waals surface area (Å²) in [4.78, 5) is 14.0. The number of carbonyl (C=O) groups is 1. The van der Waals surface area contributed by atoms with Gasteiger partial charge in [0.05, 0.1) is 12.6 Å². The van der Waals surface area contributed by atoms with E-state index in [0.29, 0.717) is 6.54 Å². The fourth-order valence-corrected chi connectivity index (χ4v) is 2.38. The number of halogens is 1. The molecule has 0 heterocycles. The van der Waals surface area contributed by atoms with Crippen molar-refractivity contribution in [1.82, 2.24) is 5.32 Å². The number of anilines is 1. The molecule has 0 bridgehead atoms. The Morgan fingerprint density at radius 1 is 1.14 bits per heavy atom. The monoisotopic (exact) mass is 346 g/mol. The van der Waals surface area contributed by atoms with Crippen LogP contribution in [0.25, 0.3) is 0 Å². The number of nitrogens with one attached hydrogen (secondary N) is 1. The van der Waals surface area contributed by atoms with Gasteiger partial charge in [-0.3, -0.25) is 4.79 Å². The summed E-state index contributed by atoms with van der Waals surface area (Å²) in [5.41, 5.74) is 2.12. The average Bonchev–Trinajstić information content (AvgIpc) is 2.48. The Hall–Kier alpha value is -1.81. The minimum atomic E-state index is -0.00484. The number of hydrogen-bond donors (Lipinski definition) is 1. The molecule has 1 N–H and O–H groups in total. The van der Waals surface area contributed by atoms with Crippen LogP contribution in [-0.4, -0.2) is 19.5 Å². The van der Waals surface area contributed by atoms with Gasteiger partial charge in [0.1, 0.15) is 0 Å². The third kappa shape index (κ3) is 4.60. The molecular weight excluding hydrogens is 328 g/mol. The number of para-hydroxylation sites is 1. The number of likely N-dealkylation sites (N-methyl/N-ethyl adjacent to an activating group) is 1. The predicted molar refractivity (Wildman–Crippen MR) is 90.4 cm³/mol. The highest BCUT2D eigenvalue weighted by Crippen LogP contribution is 2.16. The first-order valence-corrected chi connectivity index (χ1v) is 7.66. The molecule has 0 fully saturated rings. The van der Waals surface area contributed by atoms with Gasteiger partial charge in [0, 0.05) is 17.2 Å². The Morgan fingerprint density at radius 2 is 1.76 bits per heavy atom. The minimum Gasteiger partial charge on any atom is -0.365 e. The molecule has 0 saturated heterocycles. The first kappa shape index (κ1) is 15.6. The van der Waals surface area contributed by atoms with Crippen molar-refractivity contribution in [2.45, 2.75) is 13.0 Å². The Bertz CT molecular complexity index is 583. The topological polar surface area (TPSA) is 32.3 Å². The number of amides is 1. The third-order valence-electron chi connectivity index (χ3n) is 3.33. The predicted octanol–water partition coefficient (Wildman–Crippen LogP) is 3.76. The van der Waals surface area contributed by atoms with Crippen LogP contribution in [0, 0.1) is 0 Å². The van der Waals surface area contributed by atoms with Gasteiger partial charge in [-0.25, -0.2) is 0 Å². The summed E-state index contributed by atoms with van der Waals surface area (Å²) in [5.74, 6) is 0.0109. The Morgan fingerprint density at radius 3 is 2.38 bits per heavy atom. The van der Waals surface area contributed by atoms with Gasteiger partial charge in [0.2, 0.25) is 5.91 Å². The number of carbonyl (C=O) groups excluding carboxylic acids is 1. The summed E-state index contributed by atoms with van der Waals surface area (Å²) < 4.78 is 1.04. The van der Waals surface area contributed by atoms with E-state index >= 15 is 0 Å². The molecule has 110 valence electrons. The smallest absolute Gasteiger partial charge is 0.239 e. The van der Waals surface area contributed by atoms with Gasteiger partial charge in [0.25, 0.3) is 0 Å². The van der Waals surface area contributed by atoms with Crippen LogP contribution in [0.15, 0.2) is 59.1 Å². The van der Waals surface area contributed by atoms with E-state index in [2.05, 4.69) is 21.2 Å². The summed E-state index contributed by atoms with van der Waals surface area (Å²) in [6, 6.07) is 17.9. The minimum absolute atomic E-state index is 0.00484. The van der Waals surface area contributed by atoms with Crippen molar-refractivity contribution in [3.63, 3.8) is 0 Å². The number of hydrogen-bond acceptors (Lipinski definition) is 2. The van der Waals surface area contributed by atoms with Gasteiger partial charge < -0.3 is 10.2 Å². The van der Waals surface area contributed by atoms with Gasteiger partial charge in [-0.1, -0.05) is 46.3 Å². The molecule has 1 amide bonds. The zero-order chi connectivity index (χ0) is 15.2. The SMILES string of the molecule is C[C@H](NC(=O)CN(C)c1ccccc1)c1ccc(Br)cc1. The molecular formula is C17H19BrN2O. The second-order valence-corrected chi connectivity index (χ2v) is 5.95. The van der Waals surface area contributed by atoms with E-state index in [-0.39, 0.29) is 11.9 Å². The highest BCUT2D eigenvalue weighted by molar-refractivity contribution is 9.10. The van der Waals surface area contributed by atoms with Crippen LogP contribution in [0.1, 0.15) is 18.5 Å². The maximum Gasteiger partial charge on any atom is 0.239 e. The molecule has 0 unspecified atom stereocenters. The first-order chi connectivity index (χ1) is 10.1. The Balaban J connectivity index is 1.91. The van der Waals surface area contributed by atoms with E-state index in [0.717, 1.165) is 15.7 Å². The van der Waals surface area contributed by atoms with Crippen LogP contribution in [0.3, 0.4) is 0 Å². The van der Waals surface area contributed by atoms with Crippen molar-refractivity contribution in [3.8, 4) is 0 Å². The van der Waals surface area contributed by atoms with Crippen LogP contribution in [0.2, 0.25) is 0 Å². The van der Waals surface area contributed by atoms with Crippen molar-refractivity contribution >= 4 is 27.5 Å². The van der Waals surface area contributed by atoms with E-state index in [1.165, 1.54) is 0 Å². The van der Waals surface area contributed by atoms with Crippen LogP contribution in [0.5, 0.6) is 0 Å². The average molecular weight is 347 g/mol. The lowest BCUT2D eigenvalue weighted by atomic mass is 10.1. The normalized spacial score (nSPS) is 11.8. The molecule has 3 nitrogen and oxygen atoms in total. The van der Waals surface area contributed by atoms with Crippen LogP contribution in [0.4, 0.5) is 5.69 Å². The molecule has 2 aromatic carbocycles. The van der Waals surface area contributed by atoms with E-state index < -0.39 is 0 Å². The molecule has 0 saturated carbocycles. The molecule has 1 atom stereocenters. The summed E-state index contributed by atoms with van der Waals surface area (Å²) in [6.45, 7) is 2.33. The van der Waals surface area contributed by atoms with Crippen LogP contribution in [-0.2, 0) is 4.79 Å². The molecule has 0 aromatic heterocycles. The quantitative estimate of drug-likeness (QED) is 0.893. The van der Waals surface area contributed by atoms with Crippen molar-refractivity contribution in [2.75, 3.05) is 18.5 Å². The summed E-state index contributed by atoms with van der Waals surface area (Å²) >= 11 is 3.41. The highest BCUT2D eigenvalue weighted by atomic mass is 79.9. The highest BCUT2D eigenvalue weighted by Gasteiger charge is 2.11. The van der Waals surface area contributed by atoms with E-state index in [9.17, 15) is 4.79 Å². The second kappa shape index (κ2) is 7.27. The molecule has 0 aliphatic rings. The molecule has 21 heavy (non-hydrogen) atoms. The van der Waals surface area contributed by atoms with Crippen molar-refractivity contribution in [2.24, 2.45) is 0 Å². The molecule has 2 aromatic rings. The Kier molecular flexibility index (Phi) is 5.39. The summed E-state index contributed by atoms with van der Waals surface area (Å²) in [6.07, 6.45) is 0. The number of benzene rings is 2. The Labute approximate surface area is 134 Å². The lowest BCUT2D eigenvalue weighted by Crippen LogP contribution is -2.36. The molecule has 4 heteroatoms. The largest absolute Gasteiger partial charge is 0.365 e. The standard InChI is InChI=1S/C17H19BrN2O/c1-13(14-8-10-15(18)11-9-14)19-17(21)12-20(2)16-6-4-3-5-7-16/h3-11,13H,12H2,1-2H3,(H,19,21)/t13-/m0/s1. The maximum absolute atomic E-state index is 12.1. The molecule has 0 aliphatic carbocycles. The fraction of sp³-hybridized carbons (Fsp3) is 0.235. The van der Waals surface area contributed by atoms with Gasteiger partial charge in [-0.05, 0) is 36.8 Å². The van der Waals surface area contributed by atoms with Crippen molar-refractivity contribution in [3.05, 3.63) is 64.6 Å². The maximum atomic E-state index is 12.1. The van der Waals surface area contributed by atoms with E-state index in [1.807, 2.05) is 73.5 Å². The third-order valence-corrected chi connectivity index (χ3v) is 3.85. The van der Waals surface area contributed by atoms with Crippen LogP contribution < -0.4 is 10.2 Å². The fourth-order valence-electron chi connectivity index (χ4n) is 2.11. The van der Waals surface area contributed by atoms with Gasteiger partial charge in [-0.15, -0.1) is 0 Å². The second-order valence-electron chi connectivity index (χ2n) is 5.03. The zero-order valence-electron chi connectivity index (χ0n) is 12.2. The lowest BCUT2D eigenvalue weighted by Gasteiger charge is -2.21. The van der Waals surface area contributed by atoms with Crippen LogP contribution >= 0.6 is 15.9 Å². The summed E-state index contributed by atoms with van der Waals surface area (Å²) in [7, 11) is 1.92. The molecule has 2 rings (SSSR count). The van der Waals surface area contributed by atoms with Crippen molar-refractivity contribution in [1.29, 1.82) is 0 Å². The van der Waals surface area contributed by atoms with E-state index in [1.54, 1.807) is 0 Å². The van der Waals surface area contributed by atoms with Gasteiger partial charge >= 0.3 is 0 Å². The first-order valence-electron chi connectivity index (χ1n) is 6.87. The van der Waals surface area contributed by atoms with Crippen molar-refractivity contribution < 1.29 is 4.79 Å².